The minimum atomic E-state index is 0.0504. The van der Waals surface area contributed by atoms with E-state index in [0.29, 0.717) is 6.42 Å². The van der Waals surface area contributed by atoms with Crippen LogP contribution in [-0.2, 0) is 16.0 Å². The lowest BCUT2D eigenvalue weighted by molar-refractivity contribution is -0.116. The Balaban J connectivity index is 1.50. The number of fused-ring (bicyclic) bond motifs is 1. The molecule has 1 N–H and O–H groups in total. The number of benzene rings is 1. The van der Waals surface area contributed by atoms with Crippen LogP contribution in [0, 0.1) is 6.92 Å². The number of nitrogens with zero attached hydrogens (tertiary/aromatic N) is 2. The molecule has 0 radical (unpaired) electrons. The van der Waals surface area contributed by atoms with Crippen molar-refractivity contribution in [2.45, 2.75) is 64.0 Å². The summed E-state index contributed by atoms with van der Waals surface area (Å²) in [6.45, 7) is 2.84. The Labute approximate surface area is 154 Å². The standard InChI is InChI=1S/C21H27N3O2/c1-15-14-22-24(19-10-4-7-16-6-2-3-9-18(16)19)21(15)23-20(25)12-11-17-8-5-13-26-17/h2-3,6,9,14,17,19H,4-5,7-8,10-13H2,1H3,(H,23,25)/t17-,19-/m0/s1. The van der Waals surface area contributed by atoms with Crippen molar-refractivity contribution in [3.05, 3.63) is 47.2 Å². The minimum absolute atomic E-state index is 0.0504. The monoisotopic (exact) mass is 353 g/mol. The quantitative estimate of drug-likeness (QED) is 0.883. The molecular formula is C21H27N3O2. The van der Waals surface area contributed by atoms with Crippen LogP contribution >= 0.6 is 0 Å². The predicted octanol–water partition coefficient (Wildman–Crippen LogP) is 4.01. The summed E-state index contributed by atoms with van der Waals surface area (Å²) >= 11 is 0. The molecule has 2 heterocycles. The van der Waals surface area contributed by atoms with E-state index in [-0.39, 0.29) is 18.1 Å². The molecule has 4 rings (SSSR count). The molecule has 2 aliphatic rings. The van der Waals surface area contributed by atoms with Crippen molar-refractivity contribution in [2.24, 2.45) is 0 Å². The molecule has 0 bridgehead atoms. The van der Waals surface area contributed by atoms with Crippen LogP contribution < -0.4 is 5.32 Å². The maximum absolute atomic E-state index is 12.5. The molecule has 2 aromatic rings. The SMILES string of the molecule is Cc1cnn([C@H]2CCCc3ccccc32)c1NC(=O)CC[C@@H]1CCCO1. The van der Waals surface area contributed by atoms with Crippen LogP contribution in [0.1, 0.15) is 61.3 Å². The number of amides is 1. The van der Waals surface area contributed by atoms with Gasteiger partial charge >= 0.3 is 0 Å². The Hall–Kier alpha value is -2.14. The van der Waals surface area contributed by atoms with Crippen LogP contribution in [0.5, 0.6) is 0 Å². The third-order valence-electron chi connectivity index (χ3n) is 5.59. The van der Waals surface area contributed by atoms with Crippen LogP contribution in [0.15, 0.2) is 30.5 Å². The molecule has 5 nitrogen and oxygen atoms in total. The fraction of sp³-hybridized carbons (Fsp3) is 0.524. The Kier molecular flexibility index (Phi) is 5.07. The van der Waals surface area contributed by atoms with Crippen molar-refractivity contribution in [3.8, 4) is 0 Å². The zero-order valence-electron chi connectivity index (χ0n) is 15.4. The predicted molar refractivity (Wildman–Crippen MR) is 101 cm³/mol. The van der Waals surface area contributed by atoms with E-state index in [4.69, 9.17) is 4.74 Å². The van der Waals surface area contributed by atoms with Gasteiger partial charge in [-0.25, -0.2) is 4.68 Å². The van der Waals surface area contributed by atoms with Gasteiger partial charge in [-0.15, -0.1) is 0 Å². The van der Waals surface area contributed by atoms with Crippen LogP contribution in [0.2, 0.25) is 0 Å². The Morgan fingerprint density at radius 3 is 3.04 bits per heavy atom. The summed E-state index contributed by atoms with van der Waals surface area (Å²) in [4.78, 5) is 12.5. The first-order valence-electron chi connectivity index (χ1n) is 9.76. The van der Waals surface area contributed by atoms with E-state index in [0.717, 1.165) is 56.5 Å². The summed E-state index contributed by atoms with van der Waals surface area (Å²) in [7, 11) is 0. The second-order valence-corrected chi connectivity index (χ2v) is 7.45. The normalized spacial score (nSPS) is 22.2. The van der Waals surface area contributed by atoms with Crippen molar-refractivity contribution in [3.63, 3.8) is 0 Å². The number of aromatic nitrogens is 2. The molecule has 1 aromatic carbocycles. The number of nitrogens with one attached hydrogen (secondary N) is 1. The highest BCUT2D eigenvalue weighted by atomic mass is 16.5. The lowest BCUT2D eigenvalue weighted by atomic mass is 9.88. The second-order valence-electron chi connectivity index (χ2n) is 7.45. The largest absolute Gasteiger partial charge is 0.378 e. The maximum atomic E-state index is 12.5. The van der Waals surface area contributed by atoms with Gasteiger partial charge in [-0.3, -0.25) is 4.79 Å². The van der Waals surface area contributed by atoms with Gasteiger partial charge in [0, 0.05) is 18.6 Å². The van der Waals surface area contributed by atoms with E-state index in [1.54, 1.807) is 0 Å². The first kappa shape index (κ1) is 17.3. The summed E-state index contributed by atoms with van der Waals surface area (Å²) in [5.74, 6) is 0.887. The van der Waals surface area contributed by atoms with E-state index < -0.39 is 0 Å². The number of ether oxygens (including phenoxy) is 1. The first-order valence-corrected chi connectivity index (χ1v) is 9.76. The number of aryl methyl sites for hydroxylation is 2. The number of hydrogen-bond acceptors (Lipinski definition) is 3. The van der Waals surface area contributed by atoms with Crippen molar-refractivity contribution in [2.75, 3.05) is 11.9 Å². The molecule has 2 atom stereocenters. The lowest BCUT2D eigenvalue weighted by Gasteiger charge is -2.27. The number of hydrogen-bond donors (Lipinski definition) is 1. The average molecular weight is 353 g/mol. The molecule has 138 valence electrons. The summed E-state index contributed by atoms with van der Waals surface area (Å²) in [5.41, 5.74) is 3.74. The van der Waals surface area contributed by atoms with Crippen molar-refractivity contribution >= 4 is 11.7 Å². The second kappa shape index (κ2) is 7.62. The van der Waals surface area contributed by atoms with Gasteiger partial charge in [0.25, 0.3) is 0 Å². The first-order chi connectivity index (χ1) is 12.7. The number of rotatable bonds is 5. The molecule has 26 heavy (non-hydrogen) atoms. The molecule has 1 amide bonds. The van der Waals surface area contributed by atoms with E-state index >= 15 is 0 Å². The van der Waals surface area contributed by atoms with Gasteiger partial charge in [-0.2, -0.15) is 5.10 Å². The molecule has 5 heteroatoms. The molecule has 0 saturated carbocycles. The molecular weight excluding hydrogens is 326 g/mol. The number of anilines is 1. The minimum Gasteiger partial charge on any atom is -0.378 e. The van der Waals surface area contributed by atoms with Gasteiger partial charge in [-0.1, -0.05) is 24.3 Å². The zero-order chi connectivity index (χ0) is 17.9. The third kappa shape index (κ3) is 3.54. The highest BCUT2D eigenvalue weighted by Gasteiger charge is 2.25. The van der Waals surface area contributed by atoms with Gasteiger partial charge < -0.3 is 10.1 Å². The van der Waals surface area contributed by atoms with Gasteiger partial charge in [-0.05, 0) is 56.6 Å². The van der Waals surface area contributed by atoms with Gasteiger partial charge in [0.05, 0.1) is 18.3 Å². The average Bonchev–Trinajstić information content (AvgIpc) is 3.30. The zero-order valence-corrected chi connectivity index (χ0v) is 15.4. The van der Waals surface area contributed by atoms with Crippen LogP contribution in [0.3, 0.4) is 0 Å². The van der Waals surface area contributed by atoms with E-state index in [9.17, 15) is 4.79 Å². The Bertz CT molecular complexity index is 777. The summed E-state index contributed by atoms with van der Waals surface area (Å²) in [5, 5.41) is 7.72. The van der Waals surface area contributed by atoms with Crippen LogP contribution in [0.25, 0.3) is 0 Å². The topological polar surface area (TPSA) is 56.2 Å². The van der Waals surface area contributed by atoms with Gasteiger partial charge in [0.15, 0.2) is 0 Å². The summed E-state index contributed by atoms with van der Waals surface area (Å²) in [6.07, 6.45) is 8.90. The molecule has 1 aliphatic carbocycles. The highest BCUT2D eigenvalue weighted by Crippen LogP contribution is 2.35. The molecule has 1 fully saturated rings. The van der Waals surface area contributed by atoms with Gasteiger partial charge in [0.2, 0.25) is 5.91 Å². The van der Waals surface area contributed by atoms with Gasteiger partial charge in [0.1, 0.15) is 5.82 Å². The number of carbonyl (C=O) groups excluding carboxylic acids is 1. The molecule has 1 aromatic heterocycles. The fourth-order valence-corrected chi connectivity index (χ4v) is 4.18. The molecule has 1 aliphatic heterocycles. The molecule has 0 spiro atoms. The van der Waals surface area contributed by atoms with Crippen molar-refractivity contribution in [1.82, 2.24) is 9.78 Å². The van der Waals surface area contributed by atoms with Crippen molar-refractivity contribution in [1.29, 1.82) is 0 Å². The fourth-order valence-electron chi connectivity index (χ4n) is 4.18. The Morgan fingerprint density at radius 2 is 2.19 bits per heavy atom. The molecule has 0 unspecified atom stereocenters. The highest BCUT2D eigenvalue weighted by molar-refractivity contribution is 5.90. The Morgan fingerprint density at radius 1 is 1.31 bits per heavy atom. The van der Waals surface area contributed by atoms with Crippen LogP contribution in [-0.4, -0.2) is 28.4 Å². The van der Waals surface area contributed by atoms with E-state index in [2.05, 4.69) is 34.7 Å². The smallest absolute Gasteiger partial charge is 0.225 e. The van der Waals surface area contributed by atoms with Crippen LogP contribution in [0.4, 0.5) is 5.82 Å². The maximum Gasteiger partial charge on any atom is 0.225 e. The number of carbonyl (C=O) groups is 1. The molecule has 1 saturated heterocycles. The van der Waals surface area contributed by atoms with E-state index in [1.165, 1.54) is 11.1 Å². The lowest BCUT2D eigenvalue weighted by Crippen LogP contribution is -2.23. The summed E-state index contributed by atoms with van der Waals surface area (Å²) < 4.78 is 7.63. The van der Waals surface area contributed by atoms with Crippen molar-refractivity contribution < 1.29 is 9.53 Å². The van der Waals surface area contributed by atoms with E-state index in [1.807, 2.05) is 17.8 Å². The third-order valence-corrected chi connectivity index (χ3v) is 5.59. The summed E-state index contributed by atoms with van der Waals surface area (Å²) in [6, 6.07) is 8.79.